The molecule has 4 rings (SSSR count). The highest BCUT2D eigenvalue weighted by molar-refractivity contribution is 7.20. The van der Waals surface area contributed by atoms with Crippen molar-refractivity contribution in [3.8, 4) is 0 Å². The Morgan fingerprint density at radius 2 is 1.89 bits per heavy atom. The molecule has 2 aliphatic carbocycles. The largest absolute Gasteiger partial charge is 0.300 e. The van der Waals surface area contributed by atoms with Crippen LogP contribution in [0.1, 0.15) is 95.7 Å². The molecule has 2 aromatic heterocycles. The lowest BCUT2D eigenvalue weighted by molar-refractivity contribution is -0.121. The smallest absolute Gasteiger partial charge is 0.236 e. The molecule has 2 aromatic rings. The number of carbonyl (C=O) groups excluding carboxylic acids is 1. The average Bonchev–Trinajstić information content (AvgIpc) is 3.27. The monoisotopic (exact) mass is 389 g/mol. The molecule has 2 fully saturated rings. The highest BCUT2D eigenvalue weighted by Gasteiger charge is 2.27. The second-order valence-corrected chi connectivity index (χ2v) is 9.30. The SMILES string of the molecule is CCCCC1CCC(C(=O)Nc2nn3c(C4CCCCC4)nnc3s2)CC1. The topological polar surface area (TPSA) is 72.2 Å². The van der Waals surface area contributed by atoms with Gasteiger partial charge in [-0.3, -0.25) is 4.79 Å². The maximum Gasteiger partial charge on any atom is 0.236 e. The van der Waals surface area contributed by atoms with Crippen molar-refractivity contribution in [3.63, 3.8) is 0 Å². The summed E-state index contributed by atoms with van der Waals surface area (Å²) >= 11 is 1.43. The van der Waals surface area contributed by atoms with Gasteiger partial charge in [-0.25, -0.2) is 0 Å². The Hall–Kier alpha value is -1.50. The predicted octanol–water partition coefficient (Wildman–Crippen LogP) is 5.17. The van der Waals surface area contributed by atoms with Crippen LogP contribution in [0.5, 0.6) is 0 Å². The molecule has 1 N–H and O–H groups in total. The predicted molar refractivity (Wildman–Crippen MR) is 108 cm³/mol. The number of aromatic nitrogens is 4. The molecule has 0 aliphatic heterocycles. The molecule has 2 aliphatic rings. The first-order valence-corrected chi connectivity index (χ1v) is 11.6. The summed E-state index contributed by atoms with van der Waals surface area (Å²) in [6.45, 7) is 2.25. The van der Waals surface area contributed by atoms with Crippen LogP contribution in [0.2, 0.25) is 0 Å². The minimum absolute atomic E-state index is 0.133. The number of hydrogen-bond donors (Lipinski definition) is 1. The zero-order valence-corrected chi connectivity index (χ0v) is 17.1. The fourth-order valence-corrected chi connectivity index (χ4v) is 5.46. The summed E-state index contributed by atoms with van der Waals surface area (Å²) in [4.78, 5) is 13.5. The van der Waals surface area contributed by atoms with Crippen LogP contribution in [0, 0.1) is 11.8 Å². The van der Waals surface area contributed by atoms with Crippen molar-refractivity contribution in [3.05, 3.63) is 5.82 Å². The number of unbranched alkanes of at least 4 members (excludes halogenated alkanes) is 1. The Morgan fingerprint density at radius 3 is 2.63 bits per heavy atom. The van der Waals surface area contributed by atoms with Gasteiger partial charge in [-0.15, -0.1) is 15.3 Å². The van der Waals surface area contributed by atoms with Crippen molar-refractivity contribution in [2.75, 3.05) is 5.32 Å². The minimum Gasteiger partial charge on any atom is -0.300 e. The molecule has 2 saturated carbocycles. The van der Waals surface area contributed by atoms with E-state index in [1.807, 2.05) is 4.52 Å². The van der Waals surface area contributed by atoms with E-state index in [1.54, 1.807) is 0 Å². The van der Waals surface area contributed by atoms with Crippen LogP contribution < -0.4 is 5.32 Å². The van der Waals surface area contributed by atoms with Gasteiger partial charge in [0, 0.05) is 11.8 Å². The van der Waals surface area contributed by atoms with Crippen molar-refractivity contribution >= 4 is 27.3 Å². The highest BCUT2D eigenvalue weighted by atomic mass is 32.1. The zero-order chi connectivity index (χ0) is 18.6. The van der Waals surface area contributed by atoms with E-state index in [0.29, 0.717) is 11.0 Å². The summed E-state index contributed by atoms with van der Waals surface area (Å²) in [5.74, 6) is 2.51. The quantitative estimate of drug-likeness (QED) is 0.740. The molecular weight excluding hydrogens is 358 g/mol. The maximum absolute atomic E-state index is 12.7. The standard InChI is InChI=1S/C20H31N5OS/c1-2-3-7-14-10-12-16(13-11-14)18(26)21-19-24-25-17(22-23-20(25)27-19)15-8-5-4-6-9-15/h14-16H,2-13H2,1H3,(H,21,24,26). The third-order valence-electron chi connectivity index (χ3n) is 6.40. The van der Waals surface area contributed by atoms with E-state index in [1.165, 1.54) is 75.5 Å². The molecule has 7 heteroatoms. The van der Waals surface area contributed by atoms with Gasteiger partial charge in [0.15, 0.2) is 5.82 Å². The Labute approximate surface area is 165 Å². The lowest BCUT2D eigenvalue weighted by Gasteiger charge is -2.27. The van der Waals surface area contributed by atoms with Crippen molar-refractivity contribution in [2.45, 2.75) is 89.9 Å². The van der Waals surface area contributed by atoms with Gasteiger partial charge >= 0.3 is 0 Å². The summed E-state index contributed by atoms with van der Waals surface area (Å²) in [5.41, 5.74) is 0. The number of carbonyl (C=O) groups is 1. The van der Waals surface area contributed by atoms with Crippen LogP contribution in [0.4, 0.5) is 5.13 Å². The number of amides is 1. The fourth-order valence-electron chi connectivity index (χ4n) is 4.71. The van der Waals surface area contributed by atoms with E-state index in [-0.39, 0.29) is 11.8 Å². The van der Waals surface area contributed by atoms with Gasteiger partial charge in [0.2, 0.25) is 16.0 Å². The number of nitrogens with zero attached hydrogens (tertiary/aromatic N) is 4. The number of nitrogens with one attached hydrogen (secondary N) is 1. The van der Waals surface area contributed by atoms with Crippen LogP contribution in [0.15, 0.2) is 0 Å². The number of fused-ring (bicyclic) bond motifs is 1. The normalized spacial score (nSPS) is 24.3. The molecule has 6 nitrogen and oxygen atoms in total. The lowest BCUT2D eigenvalue weighted by atomic mass is 9.79. The molecule has 2 heterocycles. The summed E-state index contributed by atoms with van der Waals surface area (Å²) < 4.78 is 1.86. The van der Waals surface area contributed by atoms with Gasteiger partial charge in [-0.05, 0) is 44.4 Å². The molecule has 0 aromatic carbocycles. The first-order valence-electron chi connectivity index (χ1n) is 10.8. The van der Waals surface area contributed by atoms with E-state index >= 15 is 0 Å². The third-order valence-corrected chi connectivity index (χ3v) is 7.21. The fraction of sp³-hybridized carbons (Fsp3) is 0.800. The molecule has 1 amide bonds. The molecule has 0 unspecified atom stereocenters. The van der Waals surface area contributed by atoms with Gasteiger partial charge in [-0.2, -0.15) is 4.52 Å². The van der Waals surface area contributed by atoms with Crippen LogP contribution in [0.25, 0.3) is 4.96 Å². The summed E-state index contributed by atoms with van der Waals surface area (Å²) in [6, 6.07) is 0. The van der Waals surface area contributed by atoms with Crippen LogP contribution >= 0.6 is 11.3 Å². The number of anilines is 1. The molecule has 27 heavy (non-hydrogen) atoms. The van der Waals surface area contributed by atoms with Gasteiger partial charge < -0.3 is 5.32 Å². The maximum atomic E-state index is 12.7. The van der Waals surface area contributed by atoms with E-state index in [2.05, 4.69) is 27.5 Å². The van der Waals surface area contributed by atoms with Crippen molar-refractivity contribution in [1.82, 2.24) is 19.8 Å². The van der Waals surface area contributed by atoms with E-state index < -0.39 is 0 Å². The van der Waals surface area contributed by atoms with Gasteiger partial charge in [0.05, 0.1) is 0 Å². The first kappa shape index (κ1) is 18.8. The van der Waals surface area contributed by atoms with E-state index in [4.69, 9.17) is 0 Å². The molecule has 0 saturated heterocycles. The second-order valence-electron chi connectivity index (χ2n) is 8.34. The number of rotatable bonds is 6. The summed E-state index contributed by atoms with van der Waals surface area (Å²) in [6.07, 6.45) is 14.5. The Kier molecular flexibility index (Phi) is 6.05. The molecule has 0 spiro atoms. The third kappa shape index (κ3) is 4.33. The first-order chi connectivity index (χ1) is 13.2. The minimum atomic E-state index is 0.133. The Bertz CT molecular complexity index is 756. The van der Waals surface area contributed by atoms with Crippen LogP contribution in [0.3, 0.4) is 0 Å². The van der Waals surface area contributed by atoms with E-state index in [0.717, 1.165) is 29.5 Å². The van der Waals surface area contributed by atoms with Gasteiger partial charge in [-0.1, -0.05) is 56.8 Å². The molecule has 0 bridgehead atoms. The van der Waals surface area contributed by atoms with E-state index in [9.17, 15) is 4.79 Å². The Morgan fingerprint density at radius 1 is 1.11 bits per heavy atom. The molecular formula is C20H31N5OS. The Balaban J connectivity index is 1.36. The summed E-state index contributed by atoms with van der Waals surface area (Å²) in [5, 5.41) is 17.0. The molecule has 0 atom stereocenters. The molecule has 0 radical (unpaired) electrons. The highest BCUT2D eigenvalue weighted by Crippen LogP contribution is 2.34. The van der Waals surface area contributed by atoms with Gasteiger partial charge in [0.25, 0.3) is 0 Å². The van der Waals surface area contributed by atoms with Crippen molar-refractivity contribution in [1.29, 1.82) is 0 Å². The van der Waals surface area contributed by atoms with Crippen LogP contribution in [-0.4, -0.2) is 25.7 Å². The second kappa shape index (κ2) is 8.67. The lowest BCUT2D eigenvalue weighted by Crippen LogP contribution is -2.27. The summed E-state index contributed by atoms with van der Waals surface area (Å²) in [7, 11) is 0. The van der Waals surface area contributed by atoms with Gasteiger partial charge in [0.1, 0.15) is 0 Å². The van der Waals surface area contributed by atoms with Crippen molar-refractivity contribution < 1.29 is 4.79 Å². The van der Waals surface area contributed by atoms with Crippen molar-refractivity contribution in [2.24, 2.45) is 11.8 Å². The number of hydrogen-bond acceptors (Lipinski definition) is 5. The molecule has 148 valence electrons. The van der Waals surface area contributed by atoms with Crippen LogP contribution in [-0.2, 0) is 4.79 Å². The average molecular weight is 390 g/mol. The zero-order valence-electron chi connectivity index (χ0n) is 16.3.